The van der Waals surface area contributed by atoms with Crippen LogP contribution in [0, 0.1) is 0 Å². The van der Waals surface area contributed by atoms with Crippen LogP contribution in [0.5, 0.6) is 0 Å². The molecule has 1 unspecified atom stereocenters. The van der Waals surface area contributed by atoms with Gasteiger partial charge in [0.05, 0.1) is 6.61 Å². The van der Waals surface area contributed by atoms with Crippen molar-refractivity contribution in [2.75, 3.05) is 33.4 Å². The second kappa shape index (κ2) is 5.83. The summed E-state index contributed by atoms with van der Waals surface area (Å²) in [6.07, 6.45) is 6.86. The van der Waals surface area contributed by atoms with E-state index in [9.17, 15) is 0 Å². The fourth-order valence-electron chi connectivity index (χ4n) is 2.67. The van der Waals surface area contributed by atoms with Crippen molar-refractivity contribution in [2.45, 2.75) is 44.2 Å². The molecule has 0 aromatic rings. The van der Waals surface area contributed by atoms with Crippen LogP contribution >= 0.6 is 0 Å². The molecule has 1 aliphatic heterocycles. The summed E-state index contributed by atoms with van der Waals surface area (Å²) in [6.45, 7) is 4.14. The highest BCUT2D eigenvalue weighted by Gasteiger charge is 2.19. The number of likely N-dealkylation sites (N-methyl/N-ethyl adjacent to an activating group) is 1. The van der Waals surface area contributed by atoms with Crippen LogP contribution in [0.15, 0.2) is 0 Å². The highest BCUT2D eigenvalue weighted by Crippen LogP contribution is 2.21. The molecule has 3 nitrogen and oxygen atoms in total. The van der Waals surface area contributed by atoms with E-state index in [-0.39, 0.29) is 0 Å². The summed E-state index contributed by atoms with van der Waals surface area (Å²) in [5.74, 6) is 0. The quantitative estimate of drug-likeness (QED) is 0.742. The van der Waals surface area contributed by atoms with E-state index in [4.69, 9.17) is 4.74 Å². The zero-order chi connectivity index (χ0) is 10.5. The van der Waals surface area contributed by atoms with Gasteiger partial charge in [-0.3, -0.25) is 0 Å². The first-order chi connectivity index (χ1) is 7.36. The van der Waals surface area contributed by atoms with Gasteiger partial charge in [-0.2, -0.15) is 0 Å². The molecule has 1 saturated carbocycles. The highest BCUT2D eigenvalue weighted by atomic mass is 16.5. The molecule has 1 atom stereocenters. The Labute approximate surface area is 93.2 Å². The predicted octanol–water partition coefficient (Wildman–Crippen LogP) is 1.24. The van der Waals surface area contributed by atoms with Crippen LogP contribution in [-0.2, 0) is 4.74 Å². The molecule has 88 valence electrons. The van der Waals surface area contributed by atoms with Gasteiger partial charge in [0.2, 0.25) is 0 Å². The minimum atomic E-state index is 0.613. The monoisotopic (exact) mass is 212 g/mol. The SMILES string of the molecule is CN(CCNC1CCOC1)C1CCCC1. The first-order valence-electron chi connectivity index (χ1n) is 6.37. The molecule has 0 radical (unpaired) electrons. The first kappa shape index (κ1) is 11.4. The van der Waals surface area contributed by atoms with Gasteiger partial charge in [0.15, 0.2) is 0 Å². The van der Waals surface area contributed by atoms with Crippen LogP contribution < -0.4 is 5.32 Å². The Balaban J connectivity index is 1.56. The lowest BCUT2D eigenvalue weighted by molar-refractivity contribution is 0.187. The minimum absolute atomic E-state index is 0.613. The fraction of sp³-hybridized carbons (Fsp3) is 1.00. The average Bonchev–Trinajstić information content (AvgIpc) is 2.90. The molecule has 0 amide bonds. The Bertz CT molecular complexity index is 174. The molecule has 0 aromatic carbocycles. The molecule has 1 N–H and O–H groups in total. The molecule has 2 rings (SSSR count). The van der Waals surface area contributed by atoms with Crippen LogP contribution in [-0.4, -0.2) is 50.3 Å². The van der Waals surface area contributed by atoms with Gasteiger partial charge in [-0.1, -0.05) is 12.8 Å². The van der Waals surface area contributed by atoms with Crippen LogP contribution in [0.1, 0.15) is 32.1 Å². The minimum Gasteiger partial charge on any atom is -0.380 e. The molecule has 0 bridgehead atoms. The smallest absolute Gasteiger partial charge is 0.0620 e. The Hall–Kier alpha value is -0.120. The van der Waals surface area contributed by atoms with Crippen LogP contribution in [0.3, 0.4) is 0 Å². The molecule has 1 heterocycles. The molecule has 2 aliphatic rings. The average molecular weight is 212 g/mol. The van der Waals surface area contributed by atoms with Crippen molar-refractivity contribution in [3.63, 3.8) is 0 Å². The highest BCUT2D eigenvalue weighted by molar-refractivity contribution is 4.77. The van der Waals surface area contributed by atoms with E-state index in [0.29, 0.717) is 6.04 Å². The van der Waals surface area contributed by atoms with Gasteiger partial charge < -0.3 is 15.0 Å². The number of ether oxygens (including phenoxy) is 1. The predicted molar refractivity (Wildman–Crippen MR) is 62.1 cm³/mol. The number of hydrogen-bond acceptors (Lipinski definition) is 3. The summed E-state index contributed by atoms with van der Waals surface area (Å²) in [5, 5.41) is 3.57. The van der Waals surface area contributed by atoms with Crippen molar-refractivity contribution >= 4 is 0 Å². The molecule has 2 fully saturated rings. The Kier molecular flexibility index (Phi) is 4.42. The summed E-state index contributed by atoms with van der Waals surface area (Å²) in [4.78, 5) is 2.52. The molecule has 1 aliphatic carbocycles. The maximum absolute atomic E-state index is 5.34. The van der Waals surface area contributed by atoms with Gasteiger partial charge in [-0.15, -0.1) is 0 Å². The first-order valence-corrected chi connectivity index (χ1v) is 6.37. The van der Waals surface area contributed by atoms with Crippen LogP contribution in [0.2, 0.25) is 0 Å². The molecule has 15 heavy (non-hydrogen) atoms. The Morgan fingerprint density at radius 1 is 1.27 bits per heavy atom. The lowest BCUT2D eigenvalue weighted by Crippen LogP contribution is -2.39. The van der Waals surface area contributed by atoms with E-state index in [1.54, 1.807) is 0 Å². The van der Waals surface area contributed by atoms with Gasteiger partial charge in [0, 0.05) is 31.8 Å². The van der Waals surface area contributed by atoms with Gasteiger partial charge in [-0.25, -0.2) is 0 Å². The second-order valence-corrected chi connectivity index (χ2v) is 4.93. The van der Waals surface area contributed by atoms with E-state index in [2.05, 4.69) is 17.3 Å². The molecule has 3 heteroatoms. The van der Waals surface area contributed by atoms with E-state index in [0.717, 1.165) is 25.8 Å². The van der Waals surface area contributed by atoms with Gasteiger partial charge in [0.25, 0.3) is 0 Å². The zero-order valence-electron chi connectivity index (χ0n) is 9.87. The Morgan fingerprint density at radius 2 is 2.07 bits per heavy atom. The van der Waals surface area contributed by atoms with E-state index in [1.807, 2.05) is 0 Å². The van der Waals surface area contributed by atoms with Crippen molar-refractivity contribution in [3.8, 4) is 0 Å². The topological polar surface area (TPSA) is 24.5 Å². The number of rotatable bonds is 5. The fourth-order valence-corrected chi connectivity index (χ4v) is 2.67. The third-order valence-corrected chi connectivity index (χ3v) is 3.78. The van der Waals surface area contributed by atoms with Crippen molar-refractivity contribution in [2.24, 2.45) is 0 Å². The Morgan fingerprint density at radius 3 is 2.73 bits per heavy atom. The summed E-state index contributed by atoms with van der Waals surface area (Å²) in [6, 6.07) is 1.47. The third-order valence-electron chi connectivity index (χ3n) is 3.78. The number of nitrogens with zero attached hydrogens (tertiary/aromatic N) is 1. The van der Waals surface area contributed by atoms with Crippen molar-refractivity contribution in [1.82, 2.24) is 10.2 Å². The van der Waals surface area contributed by atoms with E-state index in [1.165, 1.54) is 38.6 Å². The lowest BCUT2D eigenvalue weighted by atomic mass is 10.2. The van der Waals surface area contributed by atoms with E-state index < -0.39 is 0 Å². The van der Waals surface area contributed by atoms with Gasteiger partial charge >= 0.3 is 0 Å². The van der Waals surface area contributed by atoms with Crippen molar-refractivity contribution in [1.29, 1.82) is 0 Å². The standard InChI is InChI=1S/C12H24N2O/c1-14(12-4-2-3-5-12)8-7-13-11-6-9-15-10-11/h11-13H,2-10H2,1H3. The van der Waals surface area contributed by atoms with Gasteiger partial charge in [-0.05, 0) is 26.3 Å². The summed E-state index contributed by atoms with van der Waals surface area (Å²) < 4.78 is 5.34. The van der Waals surface area contributed by atoms with Crippen LogP contribution in [0.25, 0.3) is 0 Å². The van der Waals surface area contributed by atoms with Crippen molar-refractivity contribution in [3.05, 3.63) is 0 Å². The maximum atomic E-state index is 5.34. The summed E-state index contributed by atoms with van der Waals surface area (Å²) >= 11 is 0. The van der Waals surface area contributed by atoms with Gasteiger partial charge in [0.1, 0.15) is 0 Å². The second-order valence-electron chi connectivity index (χ2n) is 4.93. The summed E-state index contributed by atoms with van der Waals surface area (Å²) in [7, 11) is 2.27. The molecular formula is C12H24N2O. The molecule has 0 aromatic heterocycles. The largest absolute Gasteiger partial charge is 0.380 e. The maximum Gasteiger partial charge on any atom is 0.0620 e. The zero-order valence-corrected chi connectivity index (χ0v) is 9.87. The third kappa shape index (κ3) is 3.44. The molecular weight excluding hydrogens is 188 g/mol. The number of nitrogens with one attached hydrogen (secondary N) is 1. The molecule has 0 spiro atoms. The number of hydrogen-bond donors (Lipinski definition) is 1. The van der Waals surface area contributed by atoms with Crippen LogP contribution in [0.4, 0.5) is 0 Å². The normalized spacial score (nSPS) is 28.0. The summed E-state index contributed by atoms with van der Waals surface area (Å²) in [5.41, 5.74) is 0. The lowest BCUT2D eigenvalue weighted by Gasteiger charge is -2.24. The van der Waals surface area contributed by atoms with Crippen molar-refractivity contribution < 1.29 is 4.74 Å². The van der Waals surface area contributed by atoms with E-state index >= 15 is 0 Å². The molecule has 1 saturated heterocycles.